The molecule has 2 aromatic carbocycles. The van der Waals surface area contributed by atoms with E-state index >= 15 is 0 Å². The van der Waals surface area contributed by atoms with Gasteiger partial charge in [0, 0.05) is 12.2 Å². The summed E-state index contributed by atoms with van der Waals surface area (Å²) in [5.41, 5.74) is 8.94. The molecule has 126 valence electrons. The largest absolute Gasteiger partial charge is 0.496 e. The molecular formula is C20H19N3O2. The van der Waals surface area contributed by atoms with Crippen LogP contribution < -0.4 is 15.4 Å². The summed E-state index contributed by atoms with van der Waals surface area (Å²) >= 11 is 0. The first-order valence-corrected chi connectivity index (χ1v) is 7.98. The van der Waals surface area contributed by atoms with E-state index in [9.17, 15) is 10.1 Å². The molecule has 0 spiro atoms. The lowest BCUT2D eigenvalue weighted by Gasteiger charge is -2.20. The van der Waals surface area contributed by atoms with Gasteiger partial charge in [-0.2, -0.15) is 5.26 Å². The van der Waals surface area contributed by atoms with Crippen LogP contribution in [0.4, 0.5) is 5.69 Å². The maximum Gasteiger partial charge on any atom is 0.176 e. The highest BCUT2D eigenvalue weighted by molar-refractivity contribution is 6.03. The zero-order chi connectivity index (χ0) is 18.0. The molecule has 1 unspecified atom stereocenters. The Morgan fingerprint density at radius 3 is 2.56 bits per heavy atom. The lowest BCUT2D eigenvalue weighted by molar-refractivity contribution is 0.0945. The first kappa shape index (κ1) is 16.6. The summed E-state index contributed by atoms with van der Waals surface area (Å²) in [4.78, 5) is 14.8. The number of rotatable bonds is 4. The molecule has 0 aromatic heterocycles. The van der Waals surface area contributed by atoms with Gasteiger partial charge in [-0.15, -0.1) is 0 Å². The number of ether oxygens (including phenoxy) is 1. The first-order valence-electron chi connectivity index (χ1n) is 7.98. The summed E-state index contributed by atoms with van der Waals surface area (Å²) in [7, 11) is 1.52. The first-order chi connectivity index (χ1) is 12.1. The average Bonchev–Trinajstić information content (AvgIpc) is 2.98. The Labute approximate surface area is 146 Å². The number of methoxy groups -OCH3 is 1. The summed E-state index contributed by atoms with van der Waals surface area (Å²) in [5.74, 6) is 0.0610. The summed E-state index contributed by atoms with van der Waals surface area (Å²) in [6.45, 7) is 2.34. The van der Waals surface area contributed by atoms with Crippen molar-refractivity contribution >= 4 is 11.5 Å². The van der Waals surface area contributed by atoms with Gasteiger partial charge in [0.15, 0.2) is 5.78 Å². The van der Waals surface area contributed by atoms with Crippen LogP contribution in [-0.4, -0.2) is 19.4 Å². The van der Waals surface area contributed by atoms with Crippen LogP contribution in [0.25, 0.3) is 0 Å². The maximum absolute atomic E-state index is 13.0. The van der Waals surface area contributed by atoms with Crippen LogP contribution >= 0.6 is 0 Å². The number of nitrogens with zero attached hydrogens (tertiary/aromatic N) is 2. The Balaban J connectivity index is 1.97. The second-order valence-electron chi connectivity index (χ2n) is 5.97. The fourth-order valence-electron chi connectivity index (χ4n) is 3.05. The number of nitrogens with two attached hydrogens (primary N) is 1. The normalized spacial score (nSPS) is 16.7. The lowest BCUT2D eigenvalue weighted by atomic mass is 9.92. The second kappa shape index (κ2) is 6.70. The number of hydrogen-bond acceptors (Lipinski definition) is 5. The van der Waals surface area contributed by atoms with E-state index in [2.05, 4.69) is 6.07 Å². The third kappa shape index (κ3) is 2.94. The van der Waals surface area contributed by atoms with Crippen LogP contribution in [0.2, 0.25) is 0 Å². The SMILES string of the molecule is COc1ccccc1C(=O)C1CN(c2ccc(C)cc2)C(N)=C1C#N. The van der Waals surface area contributed by atoms with Crippen molar-refractivity contribution in [2.75, 3.05) is 18.6 Å². The fraction of sp³-hybridized carbons (Fsp3) is 0.200. The third-order valence-corrected chi connectivity index (χ3v) is 4.44. The molecule has 0 saturated carbocycles. The van der Waals surface area contributed by atoms with E-state index in [-0.39, 0.29) is 5.78 Å². The molecule has 1 aliphatic rings. The molecule has 1 aliphatic heterocycles. The predicted octanol–water partition coefficient (Wildman–Crippen LogP) is 3.02. The van der Waals surface area contributed by atoms with E-state index in [1.54, 1.807) is 24.3 Å². The molecule has 5 heteroatoms. The molecule has 0 saturated heterocycles. The lowest BCUT2D eigenvalue weighted by Crippen LogP contribution is -2.27. The van der Waals surface area contributed by atoms with Gasteiger partial charge >= 0.3 is 0 Å². The molecule has 2 N–H and O–H groups in total. The highest BCUT2D eigenvalue weighted by atomic mass is 16.5. The molecule has 0 aliphatic carbocycles. The standard InChI is InChI=1S/C20H19N3O2/c1-13-7-9-14(10-8-13)23-12-17(16(11-21)20(23)22)19(24)15-5-3-4-6-18(15)25-2/h3-10,17H,12,22H2,1-2H3. The Morgan fingerprint density at radius 2 is 1.92 bits per heavy atom. The minimum Gasteiger partial charge on any atom is -0.496 e. The minimum absolute atomic E-state index is 0.161. The summed E-state index contributed by atoms with van der Waals surface area (Å²) < 4.78 is 5.28. The summed E-state index contributed by atoms with van der Waals surface area (Å²) in [6, 6.07) is 17.0. The Kier molecular flexibility index (Phi) is 4.44. The van der Waals surface area contributed by atoms with Crippen molar-refractivity contribution in [3.63, 3.8) is 0 Å². The average molecular weight is 333 g/mol. The monoisotopic (exact) mass is 333 g/mol. The molecule has 0 amide bonds. The summed E-state index contributed by atoms with van der Waals surface area (Å²) in [6.07, 6.45) is 0. The molecular weight excluding hydrogens is 314 g/mol. The van der Waals surface area contributed by atoms with Crippen molar-refractivity contribution in [1.82, 2.24) is 0 Å². The molecule has 0 radical (unpaired) electrons. The van der Waals surface area contributed by atoms with Gasteiger partial charge in [-0.25, -0.2) is 0 Å². The molecule has 2 aromatic rings. The van der Waals surface area contributed by atoms with Gasteiger partial charge in [0.2, 0.25) is 0 Å². The summed E-state index contributed by atoms with van der Waals surface area (Å²) in [5, 5.41) is 9.54. The number of ketones is 1. The Hall–Kier alpha value is -3.26. The number of aryl methyl sites for hydroxylation is 1. The molecule has 0 fully saturated rings. The van der Waals surface area contributed by atoms with Crippen LogP contribution in [0.1, 0.15) is 15.9 Å². The second-order valence-corrected chi connectivity index (χ2v) is 5.97. The van der Waals surface area contributed by atoms with Crippen LogP contribution in [0, 0.1) is 24.2 Å². The van der Waals surface area contributed by atoms with Crippen LogP contribution in [0.5, 0.6) is 5.75 Å². The molecule has 0 bridgehead atoms. The van der Waals surface area contributed by atoms with Gasteiger partial charge in [0.1, 0.15) is 11.6 Å². The maximum atomic E-state index is 13.0. The highest BCUT2D eigenvalue weighted by Gasteiger charge is 2.37. The molecule has 1 atom stereocenters. The number of benzene rings is 2. The smallest absolute Gasteiger partial charge is 0.176 e. The van der Waals surface area contributed by atoms with Gasteiger partial charge < -0.3 is 15.4 Å². The van der Waals surface area contributed by atoms with Crippen LogP contribution in [0.3, 0.4) is 0 Å². The third-order valence-electron chi connectivity index (χ3n) is 4.44. The van der Waals surface area contributed by atoms with Crippen molar-refractivity contribution in [2.45, 2.75) is 6.92 Å². The molecule has 25 heavy (non-hydrogen) atoms. The van der Waals surface area contributed by atoms with Crippen LogP contribution in [-0.2, 0) is 0 Å². The van der Waals surface area contributed by atoms with Gasteiger partial charge in [-0.3, -0.25) is 4.79 Å². The number of carbonyl (C=O) groups excluding carboxylic acids is 1. The van der Waals surface area contributed by atoms with Gasteiger partial charge in [0.05, 0.1) is 30.2 Å². The number of carbonyl (C=O) groups is 1. The van der Waals surface area contributed by atoms with Crippen molar-refractivity contribution in [1.29, 1.82) is 5.26 Å². The van der Waals surface area contributed by atoms with E-state index < -0.39 is 5.92 Å². The quantitative estimate of drug-likeness (QED) is 0.870. The fourth-order valence-corrected chi connectivity index (χ4v) is 3.05. The Morgan fingerprint density at radius 1 is 1.24 bits per heavy atom. The zero-order valence-corrected chi connectivity index (χ0v) is 14.2. The van der Waals surface area contributed by atoms with E-state index in [1.165, 1.54) is 7.11 Å². The van der Waals surface area contributed by atoms with Gasteiger partial charge in [0.25, 0.3) is 0 Å². The molecule has 3 rings (SSSR count). The molecule has 5 nitrogen and oxygen atoms in total. The van der Waals surface area contributed by atoms with Crippen molar-refractivity contribution in [3.8, 4) is 11.8 Å². The topological polar surface area (TPSA) is 79.3 Å². The Bertz CT molecular complexity index is 879. The van der Waals surface area contributed by atoms with Gasteiger partial charge in [-0.05, 0) is 31.2 Å². The van der Waals surface area contributed by atoms with Gasteiger partial charge in [-0.1, -0.05) is 29.8 Å². The zero-order valence-electron chi connectivity index (χ0n) is 14.2. The highest BCUT2D eigenvalue weighted by Crippen LogP contribution is 2.34. The minimum atomic E-state index is -0.609. The van der Waals surface area contributed by atoms with E-state index in [4.69, 9.17) is 10.5 Å². The number of anilines is 1. The number of hydrogen-bond donors (Lipinski definition) is 1. The molecule has 1 heterocycles. The van der Waals surface area contributed by atoms with E-state index in [0.717, 1.165) is 11.3 Å². The predicted molar refractivity (Wildman–Crippen MR) is 96.2 cm³/mol. The number of nitriles is 1. The van der Waals surface area contributed by atoms with E-state index in [1.807, 2.05) is 36.1 Å². The number of Topliss-reactive ketones (excluding diaryl/α,β-unsaturated/α-hetero) is 1. The van der Waals surface area contributed by atoms with Crippen molar-refractivity contribution in [3.05, 3.63) is 71.1 Å². The van der Waals surface area contributed by atoms with E-state index in [0.29, 0.717) is 29.3 Å². The van der Waals surface area contributed by atoms with Crippen molar-refractivity contribution < 1.29 is 9.53 Å². The number of para-hydroxylation sites is 1. The van der Waals surface area contributed by atoms with Crippen molar-refractivity contribution in [2.24, 2.45) is 11.7 Å². The van der Waals surface area contributed by atoms with Crippen LogP contribution in [0.15, 0.2) is 59.9 Å².